The monoisotopic (exact) mass is 314 g/mol. The van der Waals surface area contributed by atoms with E-state index in [-0.39, 0.29) is 18.1 Å². The second-order valence-electron chi connectivity index (χ2n) is 4.67. The van der Waals surface area contributed by atoms with Gasteiger partial charge in [0, 0.05) is 0 Å². The molecule has 2 rings (SSSR count). The maximum Gasteiger partial charge on any atom is 0.416 e. The molecule has 0 aliphatic heterocycles. The molecule has 0 saturated carbocycles. The summed E-state index contributed by atoms with van der Waals surface area (Å²) in [6, 6.07) is 7.21. The van der Waals surface area contributed by atoms with Crippen LogP contribution in [0.5, 0.6) is 5.75 Å². The highest BCUT2D eigenvalue weighted by atomic mass is 19.4. The molecule has 0 bridgehead atoms. The highest BCUT2D eigenvalue weighted by molar-refractivity contribution is 5.75. The number of aryl methyl sites for hydroxylation is 1. The molecule has 1 atom stereocenters. The quantitative estimate of drug-likeness (QED) is 0.910. The first-order valence-electron chi connectivity index (χ1n) is 6.36. The minimum Gasteiger partial charge on any atom is -0.492 e. The lowest BCUT2D eigenvalue weighted by Gasteiger charge is -2.12. The van der Waals surface area contributed by atoms with Crippen molar-refractivity contribution in [2.45, 2.75) is 19.0 Å². The molecular formula is C15H13F3O4. The van der Waals surface area contributed by atoms with Gasteiger partial charge in [0.25, 0.3) is 0 Å². The van der Waals surface area contributed by atoms with E-state index >= 15 is 0 Å². The summed E-state index contributed by atoms with van der Waals surface area (Å²) >= 11 is 0. The van der Waals surface area contributed by atoms with Crippen LogP contribution < -0.4 is 4.74 Å². The number of halogens is 3. The molecular weight excluding hydrogens is 301 g/mol. The Balaban J connectivity index is 2.05. The number of carboxylic acids is 1. The van der Waals surface area contributed by atoms with Crippen LogP contribution in [0.3, 0.4) is 0 Å². The maximum absolute atomic E-state index is 12.4. The van der Waals surface area contributed by atoms with Gasteiger partial charge in [0.15, 0.2) is 0 Å². The number of aliphatic carboxylic acids is 1. The number of hydrogen-bond acceptors (Lipinski definition) is 3. The molecule has 7 heteroatoms. The van der Waals surface area contributed by atoms with E-state index in [1.165, 1.54) is 6.07 Å². The first kappa shape index (κ1) is 15.9. The molecule has 1 unspecified atom stereocenters. The average molecular weight is 314 g/mol. The molecule has 0 radical (unpaired) electrons. The van der Waals surface area contributed by atoms with Gasteiger partial charge in [-0.3, -0.25) is 4.79 Å². The normalized spacial score (nSPS) is 12.9. The van der Waals surface area contributed by atoms with Gasteiger partial charge >= 0.3 is 12.1 Å². The predicted molar refractivity (Wildman–Crippen MR) is 70.8 cm³/mol. The molecule has 1 aromatic carbocycles. The molecule has 0 aliphatic carbocycles. The van der Waals surface area contributed by atoms with Crippen molar-refractivity contribution < 1.29 is 32.2 Å². The van der Waals surface area contributed by atoms with E-state index in [2.05, 4.69) is 0 Å². The second kappa shape index (κ2) is 6.13. The number of benzene rings is 1. The average Bonchev–Trinajstić information content (AvgIpc) is 2.84. The van der Waals surface area contributed by atoms with Crippen molar-refractivity contribution in [3.05, 3.63) is 53.5 Å². The van der Waals surface area contributed by atoms with Crippen LogP contribution >= 0.6 is 0 Å². The van der Waals surface area contributed by atoms with Crippen LogP contribution in [-0.2, 0) is 11.0 Å². The largest absolute Gasteiger partial charge is 0.492 e. The van der Waals surface area contributed by atoms with Crippen LogP contribution in [0.2, 0.25) is 0 Å². The summed E-state index contributed by atoms with van der Waals surface area (Å²) in [5.41, 5.74) is -0.795. The smallest absolute Gasteiger partial charge is 0.416 e. The molecule has 22 heavy (non-hydrogen) atoms. The van der Waals surface area contributed by atoms with Crippen molar-refractivity contribution in [3.63, 3.8) is 0 Å². The third-order valence-corrected chi connectivity index (χ3v) is 3.00. The zero-order chi connectivity index (χ0) is 16.3. The third kappa shape index (κ3) is 3.81. The number of furan rings is 1. The zero-order valence-corrected chi connectivity index (χ0v) is 11.6. The molecule has 1 aromatic heterocycles. The molecule has 1 N–H and O–H groups in total. The van der Waals surface area contributed by atoms with Crippen LogP contribution in [0.4, 0.5) is 13.2 Å². The van der Waals surface area contributed by atoms with Crippen molar-refractivity contribution >= 4 is 5.97 Å². The summed E-state index contributed by atoms with van der Waals surface area (Å²) in [6.45, 7) is 1.44. The highest BCUT2D eigenvalue weighted by Gasteiger charge is 2.30. The van der Waals surface area contributed by atoms with E-state index in [0.29, 0.717) is 5.76 Å². The standard InChI is InChI=1S/C15H13F3O4/c1-9-2-7-13(22-9)12(14(19)20)8-21-11-5-3-10(4-6-11)15(16,17)18/h2-7,12H,8H2,1H3,(H,19,20). The van der Waals surface area contributed by atoms with Crippen molar-refractivity contribution in [1.29, 1.82) is 0 Å². The zero-order valence-electron chi connectivity index (χ0n) is 11.6. The van der Waals surface area contributed by atoms with E-state index in [1.807, 2.05) is 0 Å². The number of hydrogen-bond donors (Lipinski definition) is 1. The molecule has 1 heterocycles. The number of alkyl halides is 3. The van der Waals surface area contributed by atoms with Gasteiger partial charge in [0.2, 0.25) is 0 Å². The minimum atomic E-state index is -4.42. The lowest BCUT2D eigenvalue weighted by molar-refractivity contribution is -0.140. The van der Waals surface area contributed by atoms with Crippen molar-refractivity contribution in [2.24, 2.45) is 0 Å². The Morgan fingerprint density at radius 1 is 1.23 bits per heavy atom. The van der Waals surface area contributed by atoms with E-state index in [1.54, 1.807) is 13.0 Å². The van der Waals surface area contributed by atoms with Gasteiger partial charge in [-0.2, -0.15) is 13.2 Å². The Labute approximate surface area is 124 Å². The molecule has 0 aliphatic rings. The first-order valence-corrected chi connectivity index (χ1v) is 6.36. The first-order chi connectivity index (χ1) is 10.3. The Bertz CT molecular complexity index is 644. The van der Waals surface area contributed by atoms with E-state index in [4.69, 9.17) is 9.15 Å². The Hall–Kier alpha value is -2.44. The number of ether oxygens (including phenoxy) is 1. The van der Waals surface area contributed by atoms with Gasteiger partial charge in [0.05, 0.1) is 5.56 Å². The molecule has 2 aromatic rings. The predicted octanol–water partition coefficient (Wildman–Crippen LogP) is 3.85. The van der Waals surface area contributed by atoms with Crippen LogP contribution in [0.25, 0.3) is 0 Å². The van der Waals surface area contributed by atoms with Crippen molar-refractivity contribution in [1.82, 2.24) is 0 Å². The van der Waals surface area contributed by atoms with Gasteiger partial charge in [0.1, 0.15) is 29.8 Å². The van der Waals surface area contributed by atoms with E-state index < -0.39 is 23.6 Å². The van der Waals surface area contributed by atoms with E-state index in [9.17, 15) is 23.1 Å². The minimum absolute atomic E-state index is 0.155. The maximum atomic E-state index is 12.4. The summed E-state index contributed by atoms with van der Waals surface area (Å²) in [4.78, 5) is 11.2. The van der Waals surface area contributed by atoms with Gasteiger partial charge in [-0.25, -0.2) is 0 Å². The highest BCUT2D eigenvalue weighted by Crippen LogP contribution is 2.30. The van der Waals surface area contributed by atoms with Crippen LogP contribution in [0.1, 0.15) is 23.0 Å². The summed E-state index contributed by atoms with van der Waals surface area (Å²) in [7, 11) is 0. The Morgan fingerprint density at radius 2 is 1.86 bits per heavy atom. The van der Waals surface area contributed by atoms with Gasteiger partial charge < -0.3 is 14.3 Å². The summed E-state index contributed by atoms with van der Waals surface area (Å²) in [5.74, 6) is -1.22. The van der Waals surface area contributed by atoms with Crippen LogP contribution in [0.15, 0.2) is 40.8 Å². The van der Waals surface area contributed by atoms with Crippen molar-refractivity contribution in [3.8, 4) is 5.75 Å². The lowest BCUT2D eigenvalue weighted by atomic mass is 10.1. The number of carbonyl (C=O) groups is 1. The third-order valence-electron chi connectivity index (χ3n) is 3.00. The molecule has 4 nitrogen and oxygen atoms in total. The van der Waals surface area contributed by atoms with Gasteiger partial charge in [-0.15, -0.1) is 0 Å². The fourth-order valence-corrected chi connectivity index (χ4v) is 1.84. The molecule has 0 fully saturated rings. The fourth-order valence-electron chi connectivity index (χ4n) is 1.84. The van der Waals surface area contributed by atoms with Crippen molar-refractivity contribution in [2.75, 3.05) is 6.61 Å². The van der Waals surface area contributed by atoms with Gasteiger partial charge in [-0.1, -0.05) is 0 Å². The second-order valence-corrected chi connectivity index (χ2v) is 4.67. The van der Waals surface area contributed by atoms with E-state index in [0.717, 1.165) is 24.3 Å². The summed E-state index contributed by atoms with van der Waals surface area (Å²) in [5, 5.41) is 9.18. The summed E-state index contributed by atoms with van der Waals surface area (Å²) < 4.78 is 47.8. The fraction of sp³-hybridized carbons (Fsp3) is 0.267. The molecule has 0 saturated heterocycles. The van der Waals surface area contributed by atoms with Crippen LogP contribution in [-0.4, -0.2) is 17.7 Å². The van der Waals surface area contributed by atoms with Crippen LogP contribution in [0, 0.1) is 6.92 Å². The Kier molecular flexibility index (Phi) is 4.44. The topological polar surface area (TPSA) is 59.7 Å². The number of rotatable bonds is 5. The Morgan fingerprint density at radius 3 is 2.32 bits per heavy atom. The van der Waals surface area contributed by atoms with Gasteiger partial charge in [-0.05, 0) is 43.3 Å². The number of carboxylic acid groups (broad SMARTS) is 1. The lowest BCUT2D eigenvalue weighted by Crippen LogP contribution is -2.19. The summed E-state index contributed by atoms with van der Waals surface area (Å²) in [6.07, 6.45) is -4.42. The molecule has 0 spiro atoms. The SMILES string of the molecule is Cc1ccc(C(COc2ccc(C(F)(F)F)cc2)C(=O)O)o1. The molecule has 118 valence electrons. The molecule has 0 amide bonds.